The van der Waals surface area contributed by atoms with E-state index in [0.29, 0.717) is 6.54 Å². The van der Waals surface area contributed by atoms with Gasteiger partial charge in [0.05, 0.1) is 12.5 Å². The van der Waals surface area contributed by atoms with Gasteiger partial charge in [-0.15, -0.1) is 12.4 Å². The number of nitrogens with two attached hydrogens (primary N) is 1. The molecule has 0 aliphatic carbocycles. The standard InChI is InChI=1S/C15H24N4O2.ClH/c1-11-6-3-4-7-12(11)13(19-15(16)21)10-14(20)18-9-5-8-17-2;/h3-4,6-7,13,17H,5,8-10H2,1-2H3,(H,18,20)(H3,16,19,21);1H. The Hall–Kier alpha value is -1.79. The smallest absolute Gasteiger partial charge is 0.312 e. The van der Waals surface area contributed by atoms with Gasteiger partial charge in [0.25, 0.3) is 0 Å². The number of halogens is 1. The summed E-state index contributed by atoms with van der Waals surface area (Å²) < 4.78 is 0. The minimum absolute atomic E-state index is 0. The summed E-state index contributed by atoms with van der Waals surface area (Å²) in [6, 6.07) is 6.58. The third-order valence-electron chi connectivity index (χ3n) is 3.20. The fourth-order valence-corrected chi connectivity index (χ4v) is 2.14. The van der Waals surface area contributed by atoms with Gasteiger partial charge in [-0.25, -0.2) is 4.79 Å². The van der Waals surface area contributed by atoms with Crippen LogP contribution in [0.1, 0.15) is 30.0 Å². The van der Waals surface area contributed by atoms with E-state index in [4.69, 9.17) is 5.73 Å². The Morgan fingerprint density at radius 2 is 1.91 bits per heavy atom. The highest BCUT2D eigenvalue weighted by atomic mass is 35.5. The fraction of sp³-hybridized carbons (Fsp3) is 0.467. The van der Waals surface area contributed by atoms with Crippen LogP contribution in [0.15, 0.2) is 24.3 Å². The average molecular weight is 329 g/mol. The minimum atomic E-state index is -0.633. The topological polar surface area (TPSA) is 96.2 Å². The number of primary amides is 1. The van der Waals surface area contributed by atoms with Gasteiger partial charge in [0, 0.05) is 6.54 Å². The Bertz CT molecular complexity index is 482. The van der Waals surface area contributed by atoms with Gasteiger partial charge in [0.2, 0.25) is 5.91 Å². The second-order valence-corrected chi connectivity index (χ2v) is 4.93. The molecule has 6 nitrogen and oxygen atoms in total. The molecule has 0 aliphatic heterocycles. The summed E-state index contributed by atoms with van der Waals surface area (Å²) in [6.45, 7) is 3.40. The maximum absolute atomic E-state index is 12.0. The molecule has 1 aromatic rings. The lowest BCUT2D eigenvalue weighted by Crippen LogP contribution is -2.37. The highest BCUT2D eigenvalue weighted by Crippen LogP contribution is 2.20. The van der Waals surface area contributed by atoms with Crippen molar-refractivity contribution in [2.24, 2.45) is 5.73 Å². The van der Waals surface area contributed by atoms with Gasteiger partial charge in [-0.2, -0.15) is 0 Å². The van der Waals surface area contributed by atoms with Crippen molar-refractivity contribution in [2.75, 3.05) is 20.1 Å². The monoisotopic (exact) mass is 328 g/mol. The molecule has 7 heteroatoms. The number of benzene rings is 1. The first-order valence-electron chi connectivity index (χ1n) is 7.07. The molecule has 0 spiro atoms. The lowest BCUT2D eigenvalue weighted by Gasteiger charge is -2.19. The molecule has 1 atom stereocenters. The first-order chi connectivity index (χ1) is 10.0. The van der Waals surface area contributed by atoms with Crippen molar-refractivity contribution >= 4 is 24.3 Å². The summed E-state index contributed by atoms with van der Waals surface area (Å²) in [5.41, 5.74) is 7.12. The van der Waals surface area contributed by atoms with Crippen LogP contribution in [0.5, 0.6) is 0 Å². The maximum Gasteiger partial charge on any atom is 0.312 e. The summed E-state index contributed by atoms with van der Waals surface area (Å²) in [6.07, 6.45) is 1.04. The predicted molar refractivity (Wildman–Crippen MR) is 90.1 cm³/mol. The second kappa shape index (κ2) is 10.9. The van der Waals surface area contributed by atoms with E-state index >= 15 is 0 Å². The van der Waals surface area contributed by atoms with Crippen molar-refractivity contribution in [1.82, 2.24) is 16.0 Å². The number of aryl methyl sites for hydroxylation is 1. The number of urea groups is 1. The Morgan fingerprint density at radius 1 is 1.23 bits per heavy atom. The molecular weight excluding hydrogens is 304 g/mol. The molecule has 124 valence electrons. The van der Waals surface area contributed by atoms with Crippen LogP contribution in [-0.4, -0.2) is 32.1 Å². The van der Waals surface area contributed by atoms with Gasteiger partial charge in [-0.1, -0.05) is 24.3 Å². The zero-order chi connectivity index (χ0) is 15.7. The summed E-state index contributed by atoms with van der Waals surface area (Å²) in [5.74, 6) is -0.104. The Labute approximate surface area is 137 Å². The highest BCUT2D eigenvalue weighted by Gasteiger charge is 2.18. The molecule has 0 aliphatic rings. The number of hydrogen-bond acceptors (Lipinski definition) is 3. The molecule has 0 saturated heterocycles. The predicted octanol–water partition coefficient (Wildman–Crippen LogP) is 1.24. The van der Waals surface area contributed by atoms with Gasteiger partial charge >= 0.3 is 6.03 Å². The molecule has 22 heavy (non-hydrogen) atoms. The number of carbonyl (C=O) groups excluding carboxylic acids is 2. The Morgan fingerprint density at radius 3 is 2.50 bits per heavy atom. The highest BCUT2D eigenvalue weighted by molar-refractivity contribution is 5.85. The molecule has 1 aromatic carbocycles. The average Bonchev–Trinajstić information content (AvgIpc) is 2.43. The van der Waals surface area contributed by atoms with E-state index in [1.807, 2.05) is 38.2 Å². The van der Waals surface area contributed by atoms with Gasteiger partial charge in [-0.05, 0) is 38.1 Å². The van der Waals surface area contributed by atoms with Crippen LogP contribution in [0.4, 0.5) is 4.79 Å². The van der Waals surface area contributed by atoms with Crippen LogP contribution < -0.4 is 21.7 Å². The Kier molecular flexibility index (Phi) is 9.98. The molecule has 0 aromatic heterocycles. The third kappa shape index (κ3) is 7.28. The molecular formula is C15H25ClN4O2. The van der Waals surface area contributed by atoms with Gasteiger partial charge in [0.1, 0.15) is 0 Å². The lowest BCUT2D eigenvalue weighted by molar-refractivity contribution is -0.121. The van der Waals surface area contributed by atoms with E-state index in [0.717, 1.165) is 24.1 Å². The van der Waals surface area contributed by atoms with Gasteiger partial charge in [-0.3, -0.25) is 4.79 Å². The van der Waals surface area contributed by atoms with Crippen LogP contribution >= 0.6 is 12.4 Å². The lowest BCUT2D eigenvalue weighted by atomic mass is 9.98. The second-order valence-electron chi connectivity index (χ2n) is 4.93. The molecule has 0 saturated carbocycles. The van der Waals surface area contributed by atoms with Crippen LogP contribution in [0.25, 0.3) is 0 Å². The number of hydrogen-bond donors (Lipinski definition) is 4. The summed E-state index contributed by atoms with van der Waals surface area (Å²) in [5, 5.41) is 8.49. The number of nitrogens with one attached hydrogen (secondary N) is 3. The van der Waals surface area contributed by atoms with Crippen molar-refractivity contribution in [3.8, 4) is 0 Å². The first-order valence-corrected chi connectivity index (χ1v) is 7.07. The molecule has 1 unspecified atom stereocenters. The Balaban J connectivity index is 0.00000441. The largest absolute Gasteiger partial charge is 0.356 e. The summed E-state index contributed by atoms with van der Waals surface area (Å²) in [7, 11) is 1.87. The van der Waals surface area contributed by atoms with Crippen LogP contribution in [0.2, 0.25) is 0 Å². The van der Waals surface area contributed by atoms with E-state index in [2.05, 4.69) is 16.0 Å². The quantitative estimate of drug-likeness (QED) is 0.541. The number of rotatable bonds is 8. The molecule has 0 radical (unpaired) electrons. The summed E-state index contributed by atoms with van der Waals surface area (Å²) in [4.78, 5) is 23.1. The third-order valence-corrected chi connectivity index (χ3v) is 3.20. The van der Waals surface area contributed by atoms with Crippen LogP contribution in [0, 0.1) is 6.92 Å². The fourth-order valence-electron chi connectivity index (χ4n) is 2.14. The van der Waals surface area contributed by atoms with E-state index in [1.165, 1.54) is 0 Å². The van der Waals surface area contributed by atoms with Gasteiger partial charge in [0.15, 0.2) is 0 Å². The normalized spacial score (nSPS) is 11.2. The molecule has 0 fully saturated rings. The van der Waals surface area contributed by atoms with Crippen molar-refractivity contribution in [1.29, 1.82) is 0 Å². The first kappa shape index (κ1) is 20.2. The molecule has 3 amide bonds. The van der Waals surface area contributed by atoms with Crippen molar-refractivity contribution in [3.05, 3.63) is 35.4 Å². The molecule has 0 heterocycles. The number of carbonyl (C=O) groups is 2. The molecule has 1 rings (SSSR count). The SMILES string of the molecule is CNCCCNC(=O)CC(NC(N)=O)c1ccccc1C.Cl. The maximum atomic E-state index is 12.0. The van der Waals surface area contributed by atoms with E-state index < -0.39 is 12.1 Å². The number of amides is 3. The van der Waals surface area contributed by atoms with Gasteiger partial charge < -0.3 is 21.7 Å². The van der Waals surface area contributed by atoms with Crippen LogP contribution in [-0.2, 0) is 4.79 Å². The van der Waals surface area contributed by atoms with E-state index in [9.17, 15) is 9.59 Å². The van der Waals surface area contributed by atoms with Crippen molar-refractivity contribution < 1.29 is 9.59 Å². The van der Waals surface area contributed by atoms with E-state index in [1.54, 1.807) is 0 Å². The zero-order valence-electron chi connectivity index (χ0n) is 13.0. The minimum Gasteiger partial charge on any atom is -0.356 e. The zero-order valence-corrected chi connectivity index (χ0v) is 13.8. The van der Waals surface area contributed by atoms with Crippen molar-refractivity contribution in [2.45, 2.75) is 25.8 Å². The summed E-state index contributed by atoms with van der Waals surface area (Å²) >= 11 is 0. The molecule has 5 N–H and O–H groups in total. The van der Waals surface area contributed by atoms with Crippen LogP contribution in [0.3, 0.4) is 0 Å². The van der Waals surface area contributed by atoms with Crippen molar-refractivity contribution in [3.63, 3.8) is 0 Å². The van der Waals surface area contributed by atoms with E-state index in [-0.39, 0.29) is 24.7 Å². The molecule has 0 bridgehead atoms.